The first kappa shape index (κ1) is 16.9. The lowest BCUT2D eigenvalue weighted by atomic mass is 10.0. The van der Waals surface area contributed by atoms with Crippen molar-refractivity contribution in [1.82, 2.24) is 5.32 Å². The zero-order valence-corrected chi connectivity index (χ0v) is 11.3. The van der Waals surface area contributed by atoms with Gasteiger partial charge in [0.05, 0.1) is 0 Å². The summed E-state index contributed by atoms with van der Waals surface area (Å²) in [7, 11) is 0. The Kier molecular flexibility index (Phi) is 6.42. The lowest BCUT2D eigenvalue weighted by molar-refractivity contribution is -0.202. The Bertz CT molecular complexity index is 391. The molecule has 0 heterocycles. The highest BCUT2D eigenvalue weighted by molar-refractivity contribution is 5.19. The predicted octanol–water partition coefficient (Wildman–Crippen LogP) is 3.57. The SMILES string of the molecule is CCCCC(NCC(O)C(F)(F)F)c1ccc(F)cc1. The second-order valence-corrected chi connectivity index (χ2v) is 4.71. The van der Waals surface area contributed by atoms with Gasteiger partial charge < -0.3 is 10.4 Å². The van der Waals surface area contributed by atoms with Gasteiger partial charge in [-0.05, 0) is 24.1 Å². The molecule has 0 radical (unpaired) electrons. The number of alkyl halides is 3. The summed E-state index contributed by atoms with van der Waals surface area (Å²) >= 11 is 0. The van der Waals surface area contributed by atoms with Crippen LogP contribution in [0.5, 0.6) is 0 Å². The van der Waals surface area contributed by atoms with Crippen molar-refractivity contribution in [1.29, 1.82) is 0 Å². The van der Waals surface area contributed by atoms with Crippen molar-refractivity contribution in [3.63, 3.8) is 0 Å². The predicted molar refractivity (Wildman–Crippen MR) is 68.7 cm³/mol. The molecule has 0 saturated heterocycles. The quantitative estimate of drug-likeness (QED) is 0.753. The summed E-state index contributed by atoms with van der Waals surface area (Å²) in [6.45, 7) is 1.40. The molecule has 20 heavy (non-hydrogen) atoms. The molecule has 0 aliphatic rings. The van der Waals surface area contributed by atoms with E-state index in [1.807, 2.05) is 6.92 Å². The van der Waals surface area contributed by atoms with E-state index in [1.54, 1.807) is 12.1 Å². The molecule has 2 atom stereocenters. The maximum atomic E-state index is 12.9. The van der Waals surface area contributed by atoms with Crippen LogP contribution in [-0.2, 0) is 0 Å². The molecule has 6 heteroatoms. The van der Waals surface area contributed by atoms with Crippen LogP contribution in [0.3, 0.4) is 0 Å². The number of aliphatic hydroxyl groups excluding tert-OH is 1. The number of halogens is 4. The lowest BCUT2D eigenvalue weighted by Gasteiger charge is -2.22. The van der Waals surface area contributed by atoms with Crippen LogP contribution in [0.1, 0.15) is 37.8 Å². The van der Waals surface area contributed by atoms with Gasteiger partial charge in [0.15, 0.2) is 6.10 Å². The molecule has 0 aromatic heterocycles. The molecule has 0 aliphatic heterocycles. The van der Waals surface area contributed by atoms with E-state index in [1.165, 1.54) is 12.1 Å². The number of aliphatic hydroxyl groups is 1. The third-order valence-corrected chi connectivity index (χ3v) is 3.05. The second kappa shape index (κ2) is 7.59. The van der Waals surface area contributed by atoms with Crippen LogP contribution < -0.4 is 5.32 Å². The van der Waals surface area contributed by atoms with E-state index in [-0.39, 0.29) is 6.04 Å². The Labute approximate surface area is 115 Å². The van der Waals surface area contributed by atoms with Crippen molar-refractivity contribution >= 4 is 0 Å². The van der Waals surface area contributed by atoms with E-state index in [0.717, 1.165) is 12.8 Å². The van der Waals surface area contributed by atoms with Crippen molar-refractivity contribution in [2.45, 2.75) is 44.5 Å². The topological polar surface area (TPSA) is 32.3 Å². The Balaban J connectivity index is 2.67. The average Bonchev–Trinajstić information content (AvgIpc) is 2.39. The summed E-state index contributed by atoms with van der Waals surface area (Å²) in [5.74, 6) is -0.390. The number of hydrogen-bond acceptors (Lipinski definition) is 2. The molecule has 2 unspecified atom stereocenters. The summed E-state index contributed by atoms with van der Waals surface area (Å²) in [4.78, 5) is 0. The second-order valence-electron chi connectivity index (χ2n) is 4.71. The summed E-state index contributed by atoms with van der Waals surface area (Å²) in [5.41, 5.74) is 0.717. The first-order valence-corrected chi connectivity index (χ1v) is 6.58. The summed E-state index contributed by atoms with van der Waals surface area (Å²) in [6.07, 6.45) is -4.66. The third-order valence-electron chi connectivity index (χ3n) is 3.05. The smallest absolute Gasteiger partial charge is 0.382 e. The maximum absolute atomic E-state index is 12.9. The van der Waals surface area contributed by atoms with E-state index < -0.39 is 24.6 Å². The summed E-state index contributed by atoms with van der Waals surface area (Å²) in [6, 6.07) is 5.31. The molecule has 1 aromatic rings. The third kappa shape index (κ3) is 5.46. The molecule has 0 aliphatic carbocycles. The van der Waals surface area contributed by atoms with E-state index in [4.69, 9.17) is 5.11 Å². The van der Waals surface area contributed by atoms with Gasteiger partial charge in [-0.3, -0.25) is 0 Å². The van der Waals surface area contributed by atoms with Gasteiger partial charge in [0.25, 0.3) is 0 Å². The van der Waals surface area contributed by atoms with Crippen LogP contribution in [0.4, 0.5) is 17.6 Å². The zero-order valence-electron chi connectivity index (χ0n) is 11.3. The van der Waals surface area contributed by atoms with Crippen LogP contribution in [0.2, 0.25) is 0 Å². The Morgan fingerprint density at radius 3 is 2.30 bits per heavy atom. The Hall–Kier alpha value is -1.14. The summed E-state index contributed by atoms with van der Waals surface area (Å²) in [5, 5.41) is 11.7. The van der Waals surface area contributed by atoms with E-state index in [0.29, 0.717) is 12.0 Å². The molecule has 2 nitrogen and oxygen atoms in total. The maximum Gasteiger partial charge on any atom is 0.415 e. The molecule has 1 aromatic carbocycles. The molecule has 0 fully saturated rings. The van der Waals surface area contributed by atoms with E-state index >= 15 is 0 Å². The van der Waals surface area contributed by atoms with Crippen molar-refractivity contribution < 1.29 is 22.7 Å². The van der Waals surface area contributed by atoms with Gasteiger partial charge in [-0.2, -0.15) is 13.2 Å². The average molecular weight is 293 g/mol. The minimum Gasteiger partial charge on any atom is -0.382 e. The van der Waals surface area contributed by atoms with Crippen molar-refractivity contribution in [2.75, 3.05) is 6.54 Å². The first-order chi connectivity index (χ1) is 9.34. The molecule has 0 bridgehead atoms. The number of unbranched alkanes of at least 4 members (excludes halogenated alkanes) is 1. The molecule has 1 rings (SSSR count). The molecule has 0 saturated carbocycles. The molecule has 114 valence electrons. The van der Waals surface area contributed by atoms with Crippen LogP contribution in [0.15, 0.2) is 24.3 Å². The highest BCUT2D eigenvalue weighted by Gasteiger charge is 2.38. The standard InChI is InChI=1S/C14H19F4NO/c1-2-3-4-12(10-5-7-11(15)8-6-10)19-9-13(20)14(16,17)18/h5-8,12-13,19-20H,2-4,9H2,1H3. The van der Waals surface area contributed by atoms with Gasteiger partial charge in [0.2, 0.25) is 0 Å². The van der Waals surface area contributed by atoms with E-state index in [9.17, 15) is 17.6 Å². The Morgan fingerprint density at radius 1 is 1.20 bits per heavy atom. The van der Waals surface area contributed by atoms with Crippen LogP contribution in [0, 0.1) is 5.82 Å². The zero-order chi connectivity index (χ0) is 15.2. The van der Waals surface area contributed by atoms with Gasteiger partial charge in [-0.1, -0.05) is 31.9 Å². The fourth-order valence-corrected chi connectivity index (χ4v) is 1.86. The van der Waals surface area contributed by atoms with Crippen LogP contribution in [0.25, 0.3) is 0 Å². The monoisotopic (exact) mass is 293 g/mol. The van der Waals surface area contributed by atoms with Gasteiger partial charge in [-0.25, -0.2) is 4.39 Å². The highest BCUT2D eigenvalue weighted by Crippen LogP contribution is 2.23. The largest absolute Gasteiger partial charge is 0.415 e. The minimum atomic E-state index is -4.63. The fourth-order valence-electron chi connectivity index (χ4n) is 1.86. The van der Waals surface area contributed by atoms with Crippen LogP contribution >= 0.6 is 0 Å². The van der Waals surface area contributed by atoms with Gasteiger partial charge >= 0.3 is 6.18 Å². The van der Waals surface area contributed by atoms with Gasteiger partial charge in [0.1, 0.15) is 5.82 Å². The van der Waals surface area contributed by atoms with Crippen molar-refractivity contribution in [3.8, 4) is 0 Å². The van der Waals surface area contributed by atoms with Gasteiger partial charge in [0, 0.05) is 12.6 Å². The fraction of sp³-hybridized carbons (Fsp3) is 0.571. The van der Waals surface area contributed by atoms with Crippen molar-refractivity contribution in [3.05, 3.63) is 35.6 Å². The van der Waals surface area contributed by atoms with Gasteiger partial charge in [-0.15, -0.1) is 0 Å². The van der Waals surface area contributed by atoms with Crippen LogP contribution in [-0.4, -0.2) is 23.9 Å². The number of nitrogens with one attached hydrogen (secondary N) is 1. The molecular weight excluding hydrogens is 274 g/mol. The minimum absolute atomic E-state index is 0.326. The number of benzene rings is 1. The molecule has 0 amide bonds. The Morgan fingerprint density at radius 2 is 1.80 bits per heavy atom. The molecule has 0 spiro atoms. The highest BCUT2D eigenvalue weighted by atomic mass is 19.4. The number of rotatable bonds is 7. The van der Waals surface area contributed by atoms with Crippen molar-refractivity contribution in [2.24, 2.45) is 0 Å². The normalized spacial score (nSPS) is 15.1. The number of hydrogen-bond donors (Lipinski definition) is 2. The lowest BCUT2D eigenvalue weighted by Crippen LogP contribution is -2.39. The summed E-state index contributed by atoms with van der Waals surface area (Å²) < 4.78 is 49.7. The molecule has 2 N–H and O–H groups in total. The molecular formula is C14H19F4NO. The first-order valence-electron chi connectivity index (χ1n) is 6.58. The van der Waals surface area contributed by atoms with E-state index in [2.05, 4.69) is 5.32 Å².